The molecule has 2 amide bonds. The van der Waals surface area contributed by atoms with Gasteiger partial charge in [0.2, 0.25) is 5.91 Å². The number of benzene rings is 2. The van der Waals surface area contributed by atoms with E-state index < -0.39 is 0 Å². The Morgan fingerprint density at radius 2 is 1.63 bits per heavy atom. The summed E-state index contributed by atoms with van der Waals surface area (Å²) in [7, 11) is 0. The van der Waals surface area contributed by atoms with Gasteiger partial charge < -0.3 is 16.4 Å². The molecule has 0 spiro atoms. The lowest BCUT2D eigenvalue weighted by Crippen LogP contribution is -2.30. The van der Waals surface area contributed by atoms with Gasteiger partial charge in [0.15, 0.2) is 5.78 Å². The van der Waals surface area contributed by atoms with Gasteiger partial charge in [-0.3, -0.25) is 14.4 Å². The summed E-state index contributed by atoms with van der Waals surface area (Å²) >= 11 is 0. The zero-order chi connectivity index (χ0) is 18.9. The average Bonchev–Trinajstić information content (AvgIpc) is 2.65. The molecule has 7 heteroatoms. The van der Waals surface area contributed by atoms with E-state index in [2.05, 4.69) is 10.6 Å². The first-order valence-corrected chi connectivity index (χ1v) is 8.48. The van der Waals surface area contributed by atoms with Crippen molar-refractivity contribution in [3.63, 3.8) is 0 Å². The van der Waals surface area contributed by atoms with Crippen molar-refractivity contribution < 1.29 is 14.4 Å². The third kappa shape index (κ3) is 6.84. The van der Waals surface area contributed by atoms with Gasteiger partial charge in [-0.15, -0.1) is 12.4 Å². The van der Waals surface area contributed by atoms with Crippen LogP contribution < -0.4 is 16.4 Å². The normalized spacial score (nSPS) is 9.85. The number of rotatable bonds is 8. The first kappa shape index (κ1) is 22.3. The van der Waals surface area contributed by atoms with Crippen LogP contribution in [0.4, 0.5) is 5.69 Å². The van der Waals surface area contributed by atoms with E-state index in [1.165, 1.54) is 0 Å². The Bertz CT molecular complexity index is 791. The van der Waals surface area contributed by atoms with Crippen molar-refractivity contribution in [2.75, 3.05) is 18.4 Å². The molecule has 0 radical (unpaired) electrons. The zero-order valence-corrected chi connectivity index (χ0v) is 16.0. The molecule has 0 saturated carbocycles. The highest BCUT2D eigenvalue weighted by atomic mass is 35.5. The van der Waals surface area contributed by atoms with Crippen LogP contribution in [0.2, 0.25) is 0 Å². The molecule has 27 heavy (non-hydrogen) atoms. The van der Waals surface area contributed by atoms with Gasteiger partial charge in [0.25, 0.3) is 5.91 Å². The van der Waals surface area contributed by atoms with Crippen LogP contribution in [-0.4, -0.2) is 30.7 Å². The van der Waals surface area contributed by atoms with E-state index in [1.54, 1.807) is 36.4 Å². The fourth-order valence-electron chi connectivity index (χ4n) is 2.39. The Balaban J connectivity index is 0.00000364. The fourth-order valence-corrected chi connectivity index (χ4v) is 2.39. The summed E-state index contributed by atoms with van der Waals surface area (Å²) in [6.07, 6.45) is 0.155. The average molecular weight is 390 g/mol. The van der Waals surface area contributed by atoms with Gasteiger partial charge in [-0.05, 0) is 19.1 Å². The van der Waals surface area contributed by atoms with Gasteiger partial charge in [0.1, 0.15) is 0 Å². The number of ketones is 1. The predicted molar refractivity (Wildman–Crippen MR) is 108 cm³/mol. The van der Waals surface area contributed by atoms with Crippen LogP contribution in [0.25, 0.3) is 0 Å². The third-order valence-electron chi connectivity index (χ3n) is 3.83. The Morgan fingerprint density at radius 1 is 0.963 bits per heavy atom. The molecule has 0 fully saturated rings. The van der Waals surface area contributed by atoms with Crippen molar-refractivity contribution in [3.05, 3.63) is 65.2 Å². The van der Waals surface area contributed by atoms with Crippen LogP contribution >= 0.6 is 12.4 Å². The number of nitrogens with one attached hydrogen (secondary N) is 2. The van der Waals surface area contributed by atoms with Gasteiger partial charge in [0, 0.05) is 31.5 Å². The molecule has 2 rings (SSSR count). The maximum absolute atomic E-state index is 12.2. The van der Waals surface area contributed by atoms with E-state index in [4.69, 9.17) is 5.73 Å². The molecule has 0 aliphatic carbocycles. The molecule has 0 aliphatic rings. The number of nitrogens with two attached hydrogens (primary N) is 1. The molecule has 0 bridgehead atoms. The van der Waals surface area contributed by atoms with Crippen molar-refractivity contribution in [2.45, 2.75) is 19.8 Å². The van der Waals surface area contributed by atoms with Crippen molar-refractivity contribution >= 4 is 35.7 Å². The minimum Gasteiger partial charge on any atom is -0.351 e. The number of para-hydroxylation sites is 1. The summed E-state index contributed by atoms with van der Waals surface area (Å²) in [6.45, 7) is 2.64. The van der Waals surface area contributed by atoms with E-state index in [9.17, 15) is 14.4 Å². The third-order valence-corrected chi connectivity index (χ3v) is 3.83. The van der Waals surface area contributed by atoms with Crippen molar-refractivity contribution in [1.29, 1.82) is 0 Å². The Kier molecular flexibility index (Phi) is 9.19. The number of hydrogen-bond donors (Lipinski definition) is 3. The van der Waals surface area contributed by atoms with Gasteiger partial charge in [-0.2, -0.15) is 0 Å². The minimum atomic E-state index is -0.315. The molecule has 4 N–H and O–H groups in total. The standard InChI is InChI=1S/C20H23N3O3.ClH/c1-14-6-8-15(9-7-14)18(24)10-11-19(25)23-17-5-3-2-4-16(17)20(26)22-13-12-21;/h2-9H,10-13,21H2,1H3,(H,22,26)(H,23,25);1H. The quantitative estimate of drug-likeness (QED) is 0.604. The van der Waals surface area contributed by atoms with E-state index in [1.807, 2.05) is 19.1 Å². The number of hydrogen-bond acceptors (Lipinski definition) is 4. The summed E-state index contributed by atoms with van der Waals surface area (Å²) in [6, 6.07) is 14.0. The van der Waals surface area contributed by atoms with E-state index in [0.717, 1.165) is 5.56 Å². The summed E-state index contributed by atoms with van der Waals surface area (Å²) in [5.74, 6) is -0.708. The Labute approximate surface area is 164 Å². The number of Topliss-reactive ketones (excluding diaryl/α,β-unsaturated/α-hetero) is 1. The van der Waals surface area contributed by atoms with Gasteiger partial charge in [-0.1, -0.05) is 42.0 Å². The number of halogens is 1. The maximum Gasteiger partial charge on any atom is 0.253 e. The van der Waals surface area contributed by atoms with Crippen LogP contribution in [-0.2, 0) is 4.79 Å². The van der Waals surface area contributed by atoms with E-state index in [0.29, 0.717) is 29.9 Å². The number of carbonyl (C=O) groups is 3. The monoisotopic (exact) mass is 389 g/mol. The van der Waals surface area contributed by atoms with Crippen LogP contribution in [0.5, 0.6) is 0 Å². The number of amides is 2. The highest BCUT2D eigenvalue weighted by Gasteiger charge is 2.14. The van der Waals surface area contributed by atoms with E-state index in [-0.39, 0.29) is 42.8 Å². The molecule has 144 valence electrons. The molecule has 6 nitrogen and oxygen atoms in total. The van der Waals surface area contributed by atoms with Gasteiger partial charge in [-0.25, -0.2) is 0 Å². The van der Waals surface area contributed by atoms with Gasteiger partial charge in [0.05, 0.1) is 11.3 Å². The molecule has 0 aliphatic heterocycles. The smallest absolute Gasteiger partial charge is 0.253 e. The van der Waals surface area contributed by atoms with Crippen molar-refractivity contribution in [1.82, 2.24) is 5.32 Å². The summed E-state index contributed by atoms with van der Waals surface area (Å²) in [5, 5.41) is 5.37. The first-order chi connectivity index (χ1) is 12.5. The molecule has 0 atom stereocenters. The molecule has 0 heterocycles. The number of carbonyl (C=O) groups excluding carboxylic acids is 3. The lowest BCUT2D eigenvalue weighted by molar-refractivity contribution is -0.116. The van der Waals surface area contributed by atoms with Gasteiger partial charge >= 0.3 is 0 Å². The largest absolute Gasteiger partial charge is 0.351 e. The molecule has 0 unspecified atom stereocenters. The molecule has 0 saturated heterocycles. The van der Waals surface area contributed by atoms with Crippen LogP contribution in [0.3, 0.4) is 0 Å². The number of aryl methyl sites for hydroxylation is 1. The second-order valence-corrected chi connectivity index (χ2v) is 5.93. The molecule has 2 aromatic carbocycles. The van der Waals surface area contributed by atoms with E-state index >= 15 is 0 Å². The highest BCUT2D eigenvalue weighted by Crippen LogP contribution is 2.16. The predicted octanol–water partition coefficient (Wildman–Crippen LogP) is 2.71. The van der Waals surface area contributed by atoms with Crippen LogP contribution in [0.1, 0.15) is 39.1 Å². The molecule has 2 aromatic rings. The zero-order valence-electron chi connectivity index (χ0n) is 15.2. The van der Waals surface area contributed by atoms with Crippen LogP contribution in [0.15, 0.2) is 48.5 Å². The van der Waals surface area contributed by atoms with Crippen LogP contribution in [0, 0.1) is 6.92 Å². The lowest BCUT2D eigenvalue weighted by atomic mass is 10.0. The highest BCUT2D eigenvalue weighted by molar-refractivity contribution is 6.05. The topological polar surface area (TPSA) is 101 Å². The second-order valence-electron chi connectivity index (χ2n) is 5.93. The summed E-state index contributed by atoms with van der Waals surface area (Å²) in [5.41, 5.74) is 7.81. The minimum absolute atomic E-state index is 0. The Morgan fingerprint density at radius 3 is 2.30 bits per heavy atom. The van der Waals surface area contributed by atoms with Crippen molar-refractivity contribution in [3.8, 4) is 0 Å². The SMILES string of the molecule is Cc1ccc(C(=O)CCC(=O)Nc2ccccc2C(=O)NCCN)cc1.Cl. The first-order valence-electron chi connectivity index (χ1n) is 8.48. The number of anilines is 1. The summed E-state index contributed by atoms with van der Waals surface area (Å²) in [4.78, 5) is 36.4. The van der Waals surface area contributed by atoms with Crippen molar-refractivity contribution in [2.24, 2.45) is 5.73 Å². The molecular weight excluding hydrogens is 366 g/mol. The second kappa shape index (κ2) is 11.1. The fraction of sp³-hybridized carbons (Fsp3) is 0.250. The lowest BCUT2D eigenvalue weighted by Gasteiger charge is -2.11. The molecular formula is C20H24ClN3O3. The molecule has 0 aromatic heterocycles. The summed E-state index contributed by atoms with van der Waals surface area (Å²) < 4.78 is 0. The Hall–Kier alpha value is -2.70. The maximum atomic E-state index is 12.2.